The zero-order valence-electron chi connectivity index (χ0n) is 16.4. The number of piperazine rings is 1. The number of carbonyl (C=O) groups excluding carboxylic acids is 2. The lowest BCUT2D eigenvalue weighted by molar-refractivity contribution is -0.385. The quantitative estimate of drug-likeness (QED) is 0.566. The molecule has 1 saturated heterocycles. The summed E-state index contributed by atoms with van der Waals surface area (Å²) in [5.74, 6) is 0.800. The first-order valence-corrected chi connectivity index (χ1v) is 9.65. The van der Waals surface area contributed by atoms with Crippen LogP contribution in [-0.2, 0) is 4.79 Å². The van der Waals surface area contributed by atoms with Crippen molar-refractivity contribution in [2.24, 2.45) is 0 Å². The number of hydrogen-bond donors (Lipinski definition) is 0. The third-order valence-corrected chi connectivity index (χ3v) is 5.30. The summed E-state index contributed by atoms with van der Waals surface area (Å²) in [6.07, 6.45) is -0.709. The van der Waals surface area contributed by atoms with Crippen molar-refractivity contribution in [2.45, 2.75) is 13.0 Å². The topological polar surface area (TPSA) is 102 Å². The Morgan fingerprint density at radius 3 is 2.37 bits per heavy atom. The maximum atomic E-state index is 12.8. The Bertz CT molecular complexity index is 1000. The van der Waals surface area contributed by atoms with Crippen LogP contribution in [0.5, 0.6) is 11.5 Å². The van der Waals surface area contributed by atoms with Crippen LogP contribution in [0.15, 0.2) is 42.5 Å². The average molecular weight is 411 g/mol. The fraction of sp³-hybridized carbons (Fsp3) is 0.333. The van der Waals surface area contributed by atoms with Crippen molar-refractivity contribution in [3.8, 4) is 11.5 Å². The standard InChI is InChI=1S/C21H21N3O6/c1-14-12-15(6-7-16(14)24(27)28)20(25)22-8-10-23(11-9-22)21(26)19-13-29-17-4-2-3-5-18(17)30-19/h2-7,12,19H,8-11,13H2,1H3. The van der Waals surface area contributed by atoms with Gasteiger partial charge in [0.1, 0.15) is 6.61 Å². The van der Waals surface area contributed by atoms with Crippen LogP contribution in [0.2, 0.25) is 0 Å². The van der Waals surface area contributed by atoms with E-state index in [1.54, 1.807) is 28.9 Å². The van der Waals surface area contributed by atoms with E-state index in [0.717, 1.165) is 0 Å². The Kier molecular flexibility index (Phi) is 5.26. The Balaban J connectivity index is 1.36. The van der Waals surface area contributed by atoms with Gasteiger partial charge in [-0.1, -0.05) is 12.1 Å². The first-order chi connectivity index (χ1) is 14.4. The zero-order valence-corrected chi connectivity index (χ0v) is 16.4. The molecule has 2 aliphatic heterocycles. The Labute approximate surface area is 172 Å². The van der Waals surface area contributed by atoms with Crippen LogP contribution in [0.3, 0.4) is 0 Å². The number of para-hydroxylation sites is 2. The third-order valence-electron chi connectivity index (χ3n) is 5.30. The number of nitrogens with zero attached hydrogens (tertiary/aromatic N) is 3. The molecule has 9 heteroatoms. The van der Waals surface area contributed by atoms with Gasteiger partial charge in [0, 0.05) is 43.4 Å². The lowest BCUT2D eigenvalue weighted by Crippen LogP contribution is -2.55. The molecule has 2 aromatic rings. The molecule has 1 unspecified atom stereocenters. The van der Waals surface area contributed by atoms with Gasteiger partial charge in [0.15, 0.2) is 11.5 Å². The summed E-state index contributed by atoms with van der Waals surface area (Å²) in [7, 11) is 0. The second-order valence-electron chi connectivity index (χ2n) is 7.24. The molecular formula is C21H21N3O6. The molecule has 1 fully saturated rings. The molecule has 4 rings (SSSR count). The molecule has 0 spiro atoms. The zero-order chi connectivity index (χ0) is 21.3. The number of benzene rings is 2. The van der Waals surface area contributed by atoms with Gasteiger partial charge in [-0.15, -0.1) is 0 Å². The van der Waals surface area contributed by atoms with Crippen LogP contribution in [0.1, 0.15) is 15.9 Å². The minimum Gasteiger partial charge on any atom is -0.485 e. The van der Waals surface area contributed by atoms with Crippen molar-refractivity contribution in [3.05, 3.63) is 63.7 Å². The molecule has 9 nitrogen and oxygen atoms in total. The number of rotatable bonds is 3. The van der Waals surface area contributed by atoms with Crippen LogP contribution in [-0.4, -0.2) is 65.4 Å². The molecule has 2 amide bonds. The van der Waals surface area contributed by atoms with Crippen LogP contribution >= 0.6 is 0 Å². The van der Waals surface area contributed by atoms with Gasteiger partial charge in [0.25, 0.3) is 17.5 Å². The molecule has 0 radical (unpaired) electrons. The van der Waals surface area contributed by atoms with Crippen molar-refractivity contribution >= 4 is 17.5 Å². The number of nitro groups is 1. The molecule has 0 aliphatic carbocycles. The molecule has 1 atom stereocenters. The van der Waals surface area contributed by atoms with E-state index in [4.69, 9.17) is 9.47 Å². The fourth-order valence-corrected chi connectivity index (χ4v) is 3.65. The highest BCUT2D eigenvalue weighted by atomic mass is 16.6. The number of hydrogen-bond acceptors (Lipinski definition) is 6. The Hall–Kier alpha value is -3.62. The summed E-state index contributed by atoms with van der Waals surface area (Å²) in [4.78, 5) is 39.4. The summed E-state index contributed by atoms with van der Waals surface area (Å²) in [5.41, 5.74) is 0.825. The second kappa shape index (κ2) is 8.02. The molecular weight excluding hydrogens is 390 g/mol. The molecule has 0 bridgehead atoms. The van der Waals surface area contributed by atoms with Crippen LogP contribution < -0.4 is 9.47 Å². The van der Waals surface area contributed by atoms with Gasteiger partial charge in [-0.25, -0.2) is 0 Å². The maximum absolute atomic E-state index is 12.8. The largest absolute Gasteiger partial charge is 0.485 e. The van der Waals surface area contributed by atoms with E-state index in [1.807, 2.05) is 12.1 Å². The maximum Gasteiger partial charge on any atom is 0.272 e. The monoisotopic (exact) mass is 411 g/mol. The minimum atomic E-state index is -0.709. The summed E-state index contributed by atoms with van der Waals surface area (Å²) in [6.45, 7) is 3.29. The summed E-state index contributed by atoms with van der Waals surface area (Å²) in [5, 5.41) is 11.0. The molecule has 2 heterocycles. The first-order valence-electron chi connectivity index (χ1n) is 9.65. The molecule has 156 valence electrons. The van der Waals surface area contributed by atoms with E-state index < -0.39 is 11.0 Å². The van der Waals surface area contributed by atoms with E-state index in [0.29, 0.717) is 48.8 Å². The van der Waals surface area contributed by atoms with Gasteiger partial charge >= 0.3 is 0 Å². The van der Waals surface area contributed by atoms with Crippen molar-refractivity contribution in [3.63, 3.8) is 0 Å². The fourth-order valence-electron chi connectivity index (χ4n) is 3.65. The number of amides is 2. The molecule has 30 heavy (non-hydrogen) atoms. The van der Waals surface area contributed by atoms with Gasteiger partial charge in [-0.2, -0.15) is 0 Å². The van der Waals surface area contributed by atoms with Gasteiger partial charge in [0.2, 0.25) is 6.10 Å². The first kappa shape index (κ1) is 19.7. The average Bonchev–Trinajstić information content (AvgIpc) is 2.77. The van der Waals surface area contributed by atoms with E-state index in [2.05, 4.69) is 0 Å². The highest BCUT2D eigenvalue weighted by Gasteiger charge is 2.33. The lowest BCUT2D eigenvalue weighted by atomic mass is 10.1. The van der Waals surface area contributed by atoms with Crippen LogP contribution in [0.25, 0.3) is 0 Å². The minimum absolute atomic E-state index is 0.0155. The van der Waals surface area contributed by atoms with Gasteiger partial charge in [-0.3, -0.25) is 19.7 Å². The second-order valence-corrected chi connectivity index (χ2v) is 7.24. The van der Waals surface area contributed by atoms with Crippen molar-refractivity contribution in [2.75, 3.05) is 32.8 Å². The van der Waals surface area contributed by atoms with Crippen LogP contribution in [0, 0.1) is 17.0 Å². The number of fused-ring (bicyclic) bond motifs is 1. The third kappa shape index (κ3) is 3.78. The molecule has 0 saturated carbocycles. The SMILES string of the molecule is Cc1cc(C(=O)N2CCN(C(=O)C3COc4ccccc4O3)CC2)ccc1[N+](=O)[O-]. The highest BCUT2D eigenvalue weighted by Crippen LogP contribution is 2.31. The van der Waals surface area contributed by atoms with Crippen LogP contribution in [0.4, 0.5) is 5.69 Å². The predicted molar refractivity (Wildman–Crippen MR) is 107 cm³/mol. The van der Waals surface area contributed by atoms with Crippen molar-refractivity contribution in [1.29, 1.82) is 0 Å². The van der Waals surface area contributed by atoms with Gasteiger partial charge < -0.3 is 19.3 Å². The predicted octanol–water partition coefficient (Wildman–Crippen LogP) is 2.03. The molecule has 0 N–H and O–H groups in total. The molecule has 2 aromatic carbocycles. The summed E-state index contributed by atoms with van der Waals surface area (Å²) >= 11 is 0. The van der Waals surface area contributed by atoms with Crippen molar-refractivity contribution in [1.82, 2.24) is 9.80 Å². The van der Waals surface area contributed by atoms with Crippen molar-refractivity contribution < 1.29 is 24.0 Å². The normalized spacial score (nSPS) is 18.1. The van der Waals surface area contributed by atoms with E-state index >= 15 is 0 Å². The molecule has 0 aromatic heterocycles. The lowest BCUT2D eigenvalue weighted by Gasteiger charge is -2.37. The Morgan fingerprint density at radius 1 is 1.03 bits per heavy atom. The highest BCUT2D eigenvalue weighted by molar-refractivity contribution is 5.95. The van der Waals surface area contributed by atoms with E-state index in [9.17, 15) is 19.7 Å². The van der Waals surface area contributed by atoms with E-state index in [1.165, 1.54) is 18.2 Å². The van der Waals surface area contributed by atoms with Gasteiger partial charge in [-0.05, 0) is 31.2 Å². The Morgan fingerprint density at radius 2 is 1.70 bits per heavy atom. The molecule has 2 aliphatic rings. The summed E-state index contributed by atoms with van der Waals surface area (Å²) < 4.78 is 11.4. The number of nitro benzene ring substituents is 1. The van der Waals surface area contributed by atoms with Gasteiger partial charge in [0.05, 0.1) is 4.92 Å². The smallest absolute Gasteiger partial charge is 0.272 e. The number of ether oxygens (including phenoxy) is 2. The number of aryl methyl sites for hydroxylation is 1. The van der Waals surface area contributed by atoms with E-state index in [-0.39, 0.29) is 24.1 Å². The number of carbonyl (C=O) groups is 2. The summed E-state index contributed by atoms with van der Waals surface area (Å²) in [6, 6.07) is 11.6.